The van der Waals surface area contributed by atoms with E-state index in [-0.39, 0.29) is 0 Å². The van der Waals surface area contributed by atoms with Crippen LogP contribution < -0.4 is 5.73 Å². The summed E-state index contributed by atoms with van der Waals surface area (Å²) in [7, 11) is 0. The number of hydrogen-bond acceptors (Lipinski definition) is 5. The normalized spacial score (nSPS) is 15.1. The maximum Gasteiger partial charge on any atom is 0.220 e. The molecule has 0 aliphatic heterocycles. The lowest BCUT2D eigenvalue weighted by Crippen LogP contribution is -1.94. The van der Waals surface area contributed by atoms with Crippen molar-refractivity contribution in [3.05, 3.63) is 53.9 Å². The van der Waals surface area contributed by atoms with E-state index in [4.69, 9.17) is 10.7 Å². The third kappa shape index (κ3) is 4.08. The van der Waals surface area contributed by atoms with Crippen LogP contribution >= 0.6 is 11.3 Å². The van der Waals surface area contributed by atoms with Gasteiger partial charge in [-0.25, -0.2) is 15.0 Å². The van der Waals surface area contributed by atoms with E-state index in [2.05, 4.69) is 40.3 Å². The van der Waals surface area contributed by atoms with Crippen molar-refractivity contribution in [1.29, 1.82) is 0 Å². The fraction of sp³-hybridized carbons (Fsp3) is 0.318. The number of rotatable bonds is 3. The van der Waals surface area contributed by atoms with Crippen LogP contribution in [0.3, 0.4) is 0 Å². The van der Waals surface area contributed by atoms with E-state index in [0.717, 1.165) is 26.8 Å². The van der Waals surface area contributed by atoms with Crippen LogP contribution in [0, 0.1) is 6.92 Å². The Labute approximate surface area is 164 Å². The maximum absolute atomic E-state index is 5.73. The molecule has 0 saturated heterocycles. The Balaban J connectivity index is 1.60. The smallest absolute Gasteiger partial charge is 0.220 e. The molecule has 0 radical (unpaired) electrons. The maximum atomic E-state index is 5.73. The van der Waals surface area contributed by atoms with Gasteiger partial charge in [0.15, 0.2) is 0 Å². The minimum absolute atomic E-state index is 0.290. The van der Waals surface area contributed by atoms with Crippen molar-refractivity contribution in [3.8, 4) is 21.1 Å². The third-order valence-electron chi connectivity index (χ3n) is 5.00. The second kappa shape index (κ2) is 8.01. The lowest BCUT2D eigenvalue weighted by molar-refractivity contribution is 0.643. The Hall–Kier alpha value is -2.53. The SMILES string of the molecule is Cc1nc(-c2ccc(C3=CCCCCCC3)cc2)sc1-c1ccnc(N)n1. The minimum Gasteiger partial charge on any atom is -0.368 e. The molecule has 2 N–H and O–H groups in total. The van der Waals surface area contributed by atoms with Crippen molar-refractivity contribution in [2.45, 2.75) is 45.4 Å². The van der Waals surface area contributed by atoms with Gasteiger partial charge in [-0.3, -0.25) is 0 Å². The van der Waals surface area contributed by atoms with E-state index >= 15 is 0 Å². The molecule has 0 bridgehead atoms. The number of aromatic nitrogens is 3. The predicted octanol–water partition coefficient (Wildman–Crippen LogP) is 5.90. The van der Waals surface area contributed by atoms with Crippen LogP contribution in [-0.2, 0) is 0 Å². The van der Waals surface area contributed by atoms with Crippen LogP contribution in [0.5, 0.6) is 0 Å². The van der Waals surface area contributed by atoms with Crippen LogP contribution in [0.25, 0.3) is 26.7 Å². The van der Waals surface area contributed by atoms with Gasteiger partial charge in [0, 0.05) is 11.8 Å². The molecule has 1 aromatic carbocycles. The second-order valence-electron chi connectivity index (χ2n) is 6.99. The summed E-state index contributed by atoms with van der Waals surface area (Å²) < 4.78 is 0. The number of nitrogen functional groups attached to an aromatic ring is 1. The molecular formula is C22H24N4S. The zero-order valence-electron chi connectivity index (χ0n) is 15.6. The Morgan fingerprint density at radius 3 is 2.52 bits per heavy atom. The summed E-state index contributed by atoms with van der Waals surface area (Å²) in [5.74, 6) is 0.290. The largest absolute Gasteiger partial charge is 0.368 e. The monoisotopic (exact) mass is 376 g/mol. The van der Waals surface area contributed by atoms with Crippen LogP contribution in [0.4, 0.5) is 5.95 Å². The zero-order chi connectivity index (χ0) is 18.6. The van der Waals surface area contributed by atoms with Crippen molar-refractivity contribution < 1.29 is 0 Å². The van der Waals surface area contributed by atoms with Crippen LogP contribution in [-0.4, -0.2) is 15.0 Å². The highest BCUT2D eigenvalue weighted by Crippen LogP contribution is 2.35. The molecule has 2 aromatic heterocycles. The number of nitrogens with zero attached hydrogens (tertiary/aromatic N) is 3. The summed E-state index contributed by atoms with van der Waals surface area (Å²) in [6.07, 6.45) is 11.8. The molecule has 1 aliphatic rings. The average molecular weight is 377 g/mol. The Bertz CT molecular complexity index is 957. The molecule has 0 spiro atoms. The van der Waals surface area contributed by atoms with Crippen molar-refractivity contribution in [3.63, 3.8) is 0 Å². The number of nitrogens with two attached hydrogens (primary N) is 1. The van der Waals surface area contributed by atoms with Gasteiger partial charge in [-0.05, 0) is 49.8 Å². The number of thiazole rings is 1. The van der Waals surface area contributed by atoms with Gasteiger partial charge >= 0.3 is 0 Å². The number of benzene rings is 1. The van der Waals surface area contributed by atoms with Gasteiger partial charge in [0.25, 0.3) is 0 Å². The van der Waals surface area contributed by atoms with Crippen LogP contribution in [0.15, 0.2) is 42.6 Å². The van der Waals surface area contributed by atoms with Crippen molar-refractivity contribution in [2.24, 2.45) is 0 Å². The topological polar surface area (TPSA) is 64.7 Å². The number of hydrogen-bond donors (Lipinski definition) is 1. The van der Waals surface area contributed by atoms with Gasteiger partial charge in [0.05, 0.1) is 16.3 Å². The number of aryl methyl sites for hydroxylation is 1. The summed E-state index contributed by atoms with van der Waals surface area (Å²) in [5, 5.41) is 1.01. The first-order valence-corrected chi connectivity index (χ1v) is 10.4. The molecule has 2 heterocycles. The quantitative estimate of drug-likeness (QED) is 0.618. The Morgan fingerprint density at radius 2 is 1.70 bits per heavy atom. The minimum atomic E-state index is 0.290. The van der Waals surface area contributed by atoms with E-state index in [1.54, 1.807) is 17.5 Å². The molecule has 0 amide bonds. The fourth-order valence-electron chi connectivity index (χ4n) is 3.54. The summed E-state index contributed by atoms with van der Waals surface area (Å²) >= 11 is 1.65. The summed E-state index contributed by atoms with van der Waals surface area (Å²) in [5.41, 5.74) is 11.5. The summed E-state index contributed by atoms with van der Waals surface area (Å²) in [6, 6.07) is 10.7. The van der Waals surface area contributed by atoms with Gasteiger partial charge in [-0.2, -0.15) is 0 Å². The lowest BCUT2D eigenvalue weighted by atomic mass is 9.94. The number of anilines is 1. The molecule has 0 fully saturated rings. The predicted molar refractivity (Wildman–Crippen MR) is 113 cm³/mol. The highest BCUT2D eigenvalue weighted by molar-refractivity contribution is 7.18. The van der Waals surface area contributed by atoms with E-state index in [9.17, 15) is 0 Å². The van der Waals surface area contributed by atoms with Crippen molar-refractivity contribution in [2.75, 3.05) is 5.73 Å². The third-order valence-corrected chi connectivity index (χ3v) is 6.23. The lowest BCUT2D eigenvalue weighted by Gasteiger charge is -2.12. The van der Waals surface area contributed by atoms with Gasteiger partial charge in [0.1, 0.15) is 5.01 Å². The fourth-order valence-corrected chi connectivity index (χ4v) is 4.58. The molecule has 4 rings (SSSR count). The highest BCUT2D eigenvalue weighted by Gasteiger charge is 2.13. The highest BCUT2D eigenvalue weighted by atomic mass is 32.1. The Morgan fingerprint density at radius 1 is 0.926 bits per heavy atom. The first kappa shape index (κ1) is 17.9. The van der Waals surface area contributed by atoms with Crippen molar-refractivity contribution >= 4 is 22.9 Å². The standard InChI is InChI=1S/C22H24N4S/c1-15-20(19-13-14-24-22(23)26-19)27-21(25-15)18-11-9-17(10-12-18)16-7-5-3-2-4-6-8-16/h7,9-14H,2-6,8H2,1H3,(H2,23,24,26). The van der Waals surface area contributed by atoms with Crippen LogP contribution in [0.2, 0.25) is 0 Å². The van der Waals surface area contributed by atoms with E-state index in [1.807, 2.05) is 13.0 Å². The molecule has 0 saturated carbocycles. The van der Waals surface area contributed by atoms with Gasteiger partial charge in [0.2, 0.25) is 5.95 Å². The van der Waals surface area contributed by atoms with Gasteiger partial charge < -0.3 is 5.73 Å². The molecule has 1 aliphatic carbocycles. The molecule has 27 heavy (non-hydrogen) atoms. The summed E-state index contributed by atoms with van der Waals surface area (Å²) in [4.78, 5) is 14.1. The first-order chi connectivity index (χ1) is 13.2. The van der Waals surface area contributed by atoms with E-state index in [0.29, 0.717) is 5.95 Å². The second-order valence-corrected chi connectivity index (χ2v) is 7.99. The summed E-state index contributed by atoms with van der Waals surface area (Å²) in [6.45, 7) is 2.02. The molecule has 0 unspecified atom stereocenters. The average Bonchev–Trinajstić information content (AvgIpc) is 3.04. The molecular weight excluding hydrogens is 352 g/mol. The molecule has 0 atom stereocenters. The molecule has 4 nitrogen and oxygen atoms in total. The van der Waals surface area contributed by atoms with Gasteiger partial charge in [-0.15, -0.1) is 11.3 Å². The van der Waals surface area contributed by atoms with Crippen LogP contribution in [0.1, 0.15) is 49.8 Å². The molecule has 138 valence electrons. The van der Waals surface area contributed by atoms with Crippen molar-refractivity contribution in [1.82, 2.24) is 15.0 Å². The number of allylic oxidation sites excluding steroid dienone is 2. The Kier molecular flexibility index (Phi) is 5.30. The molecule has 3 aromatic rings. The van der Waals surface area contributed by atoms with E-state index in [1.165, 1.54) is 49.7 Å². The molecule has 5 heteroatoms. The van der Waals surface area contributed by atoms with E-state index < -0.39 is 0 Å². The first-order valence-electron chi connectivity index (χ1n) is 9.57. The zero-order valence-corrected chi connectivity index (χ0v) is 16.4. The van der Waals surface area contributed by atoms with Gasteiger partial charge in [-0.1, -0.05) is 43.2 Å².